The Balaban J connectivity index is 1.52. The highest BCUT2D eigenvalue weighted by atomic mass is 31.1. The molecule has 1 unspecified atom stereocenters. The SMILES string of the molecule is CC(N1CCN(c2ccccc2)CC1)P(c1ccccc1)c1ccccc1. The summed E-state index contributed by atoms with van der Waals surface area (Å²) in [6.45, 7) is 6.86. The largest absolute Gasteiger partial charge is 0.369 e. The van der Waals surface area contributed by atoms with Crippen molar-refractivity contribution in [2.45, 2.75) is 12.7 Å². The molecular weight excluding hydrogens is 347 g/mol. The van der Waals surface area contributed by atoms with Crippen molar-refractivity contribution >= 4 is 24.2 Å². The Kier molecular flexibility index (Phi) is 5.87. The lowest BCUT2D eigenvalue weighted by Crippen LogP contribution is -2.50. The average molecular weight is 374 g/mol. The first-order chi connectivity index (χ1) is 13.3. The summed E-state index contributed by atoms with van der Waals surface area (Å²) in [5.41, 5.74) is 1.35. The van der Waals surface area contributed by atoms with Crippen molar-refractivity contribution in [3.8, 4) is 0 Å². The molecule has 3 heteroatoms. The van der Waals surface area contributed by atoms with Crippen LogP contribution in [-0.2, 0) is 0 Å². The fourth-order valence-electron chi connectivity index (χ4n) is 3.91. The highest BCUT2D eigenvalue weighted by molar-refractivity contribution is 7.73. The molecule has 1 atom stereocenters. The van der Waals surface area contributed by atoms with E-state index in [2.05, 4.69) is 108 Å². The van der Waals surface area contributed by atoms with E-state index in [9.17, 15) is 0 Å². The van der Waals surface area contributed by atoms with Crippen molar-refractivity contribution in [2.24, 2.45) is 0 Å². The molecule has 0 N–H and O–H groups in total. The van der Waals surface area contributed by atoms with Gasteiger partial charge >= 0.3 is 0 Å². The van der Waals surface area contributed by atoms with Gasteiger partial charge in [0.25, 0.3) is 0 Å². The van der Waals surface area contributed by atoms with Gasteiger partial charge in [0.2, 0.25) is 0 Å². The molecule has 0 radical (unpaired) electrons. The highest BCUT2D eigenvalue weighted by Gasteiger charge is 2.28. The smallest absolute Gasteiger partial charge is 0.0367 e. The molecule has 1 heterocycles. The second-order valence-electron chi connectivity index (χ2n) is 7.03. The maximum atomic E-state index is 2.69. The van der Waals surface area contributed by atoms with Crippen molar-refractivity contribution in [3.63, 3.8) is 0 Å². The van der Waals surface area contributed by atoms with Crippen LogP contribution >= 0.6 is 7.92 Å². The second-order valence-corrected chi connectivity index (χ2v) is 9.55. The van der Waals surface area contributed by atoms with E-state index in [4.69, 9.17) is 0 Å². The standard InChI is InChI=1S/C24H27N2P/c1-21(25-17-19-26(20-18-25)22-11-5-2-6-12-22)27(23-13-7-3-8-14-23)24-15-9-4-10-16-24/h2-16,21H,17-20H2,1H3. The topological polar surface area (TPSA) is 6.48 Å². The zero-order chi connectivity index (χ0) is 18.5. The van der Waals surface area contributed by atoms with Gasteiger partial charge in [-0.05, 0) is 37.6 Å². The minimum absolute atomic E-state index is 0.396. The van der Waals surface area contributed by atoms with Gasteiger partial charge in [0.05, 0.1) is 0 Å². The summed E-state index contributed by atoms with van der Waals surface area (Å²) in [6, 6.07) is 32.9. The maximum Gasteiger partial charge on any atom is 0.0367 e. The molecule has 1 fully saturated rings. The third-order valence-corrected chi connectivity index (χ3v) is 8.19. The monoisotopic (exact) mass is 374 g/mol. The molecular formula is C24H27N2P. The summed E-state index contributed by atoms with van der Waals surface area (Å²) in [4.78, 5) is 5.20. The quantitative estimate of drug-likeness (QED) is 0.615. The van der Waals surface area contributed by atoms with Gasteiger partial charge in [-0.3, -0.25) is 4.90 Å². The molecule has 2 nitrogen and oxygen atoms in total. The summed E-state index contributed by atoms with van der Waals surface area (Å²) in [7, 11) is -0.396. The van der Waals surface area contributed by atoms with E-state index in [1.54, 1.807) is 0 Å². The molecule has 0 aliphatic carbocycles. The van der Waals surface area contributed by atoms with E-state index >= 15 is 0 Å². The summed E-state index contributed by atoms with van der Waals surface area (Å²) in [6.07, 6.45) is 0. The maximum absolute atomic E-state index is 2.69. The number of benzene rings is 3. The predicted molar refractivity (Wildman–Crippen MR) is 119 cm³/mol. The Labute approximate surface area is 164 Å². The Hall–Kier alpha value is -2.15. The molecule has 3 aromatic carbocycles. The Morgan fingerprint density at radius 2 is 1.07 bits per heavy atom. The Morgan fingerprint density at radius 1 is 0.630 bits per heavy atom. The van der Waals surface area contributed by atoms with Gasteiger partial charge in [-0.25, -0.2) is 0 Å². The summed E-state index contributed by atoms with van der Waals surface area (Å²) in [5.74, 6) is 0.530. The van der Waals surface area contributed by atoms with E-state index < -0.39 is 7.92 Å². The number of anilines is 1. The van der Waals surface area contributed by atoms with Crippen LogP contribution < -0.4 is 15.5 Å². The zero-order valence-corrected chi connectivity index (χ0v) is 16.8. The zero-order valence-electron chi connectivity index (χ0n) is 15.9. The lowest BCUT2D eigenvalue weighted by atomic mass is 10.2. The van der Waals surface area contributed by atoms with Gasteiger partial charge in [-0.15, -0.1) is 0 Å². The second kappa shape index (κ2) is 8.69. The lowest BCUT2D eigenvalue weighted by molar-refractivity contribution is 0.249. The van der Waals surface area contributed by atoms with Gasteiger partial charge in [-0.1, -0.05) is 78.9 Å². The van der Waals surface area contributed by atoms with Crippen molar-refractivity contribution in [2.75, 3.05) is 31.1 Å². The van der Waals surface area contributed by atoms with E-state index in [1.165, 1.54) is 16.3 Å². The summed E-state index contributed by atoms with van der Waals surface area (Å²) < 4.78 is 0. The van der Waals surface area contributed by atoms with Gasteiger partial charge in [0.15, 0.2) is 0 Å². The molecule has 1 aliphatic rings. The van der Waals surface area contributed by atoms with Crippen LogP contribution in [0.2, 0.25) is 0 Å². The first-order valence-electron chi connectivity index (χ1n) is 9.76. The molecule has 1 aliphatic heterocycles. The Morgan fingerprint density at radius 3 is 1.56 bits per heavy atom. The van der Waals surface area contributed by atoms with Crippen molar-refractivity contribution in [1.29, 1.82) is 0 Å². The molecule has 0 saturated carbocycles. The fourth-order valence-corrected chi connectivity index (χ4v) is 6.62. The van der Waals surface area contributed by atoms with Crippen LogP contribution in [0.4, 0.5) is 5.69 Å². The van der Waals surface area contributed by atoms with Crippen molar-refractivity contribution in [1.82, 2.24) is 4.90 Å². The number of para-hydroxylation sites is 1. The van der Waals surface area contributed by atoms with Gasteiger partial charge in [0.1, 0.15) is 0 Å². The molecule has 0 amide bonds. The molecule has 27 heavy (non-hydrogen) atoms. The van der Waals surface area contributed by atoms with E-state index in [-0.39, 0.29) is 0 Å². The van der Waals surface area contributed by atoms with Gasteiger partial charge in [-0.2, -0.15) is 0 Å². The van der Waals surface area contributed by atoms with E-state index in [1.807, 2.05) is 0 Å². The summed E-state index contributed by atoms with van der Waals surface area (Å²) in [5, 5.41) is 2.94. The lowest BCUT2D eigenvalue weighted by Gasteiger charge is -2.42. The molecule has 1 saturated heterocycles. The van der Waals surface area contributed by atoms with Gasteiger partial charge < -0.3 is 4.90 Å². The molecule has 4 rings (SSSR count). The third kappa shape index (κ3) is 4.24. The normalized spacial score (nSPS) is 16.4. The first-order valence-corrected chi connectivity index (χ1v) is 11.2. The number of hydrogen-bond acceptors (Lipinski definition) is 2. The van der Waals surface area contributed by atoms with Crippen LogP contribution in [0.1, 0.15) is 6.92 Å². The number of rotatable bonds is 5. The van der Waals surface area contributed by atoms with Crippen LogP contribution in [0.5, 0.6) is 0 Å². The number of piperazine rings is 1. The molecule has 0 bridgehead atoms. The van der Waals surface area contributed by atoms with Crippen molar-refractivity contribution < 1.29 is 0 Å². The fraction of sp³-hybridized carbons (Fsp3) is 0.250. The van der Waals surface area contributed by atoms with Crippen LogP contribution in [0.25, 0.3) is 0 Å². The molecule has 0 spiro atoms. The van der Waals surface area contributed by atoms with Crippen LogP contribution in [0, 0.1) is 0 Å². The molecule has 3 aromatic rings. The summed E-state index contributed by atoms with van der Waals surface area (Å²) >= 11 is 0. The Bertz CT molecular complexity index is 775. The van der Waals surface area contributed by atoms with Crippen LogP contribution in [0.15, 0.2) is 91.0 Å². The van der Waals surface area contributed by atoms with E-state index in [0.717, 1.165) is 26.2 Å². The van der Waals surface area contributed by atoms with Crippen LogP contribution in [0.3, 0.4) is 0 Å². The predicted octanol–water partition coefficient (Wildman–Crippen LogP) is 4.29. The van der Waals surface area contributed by atoms with Crippen molar-refractivity contribution in [3.05, 3.63) is 91.0 Å². The molecule has 0 aromatic heterocycles. The minimum atomic E-state index is -0.396. The van der Waals surface area contributed by atoms with E-state index in [0.29, 0.717) is 5.78 Å². The number of hydrogen-bond donors (Lipinski definition) is 0. The minimum Gasteiger partial charge on any atom is -0.369 e. The first kappa shape index (κ1) is 18.2. The highest BCUT2D eigenvalue weighted by Crippen LogP contribution is 2.41. The third-order valence-electron chi connectivity index (χ3n) is 5.41. The van der Waals surface area contributed by atoms with Crippen LogP contribution in [-0.4, -0.2) is 36.9 Å². The molecule has 138 valence electrons. The average Bonchev–Trinajstić information content (AvgIpc) is 2.76. The number of nitrogens with zero attached hydrogens (tertiary/aromatic N) is 2. The van der Waals surface area contributed by atoms with Gasteiger partial charge in [0, 0.05) is 37.6 Å².